The minimum Gasteiger partial charge on any atom is -0.369 e. The summed E-state index contributed by atoms with van der Waals surface area (Å²) in [6.45, 7) is 1.83. The Morgan fingerprint density at radius 1 is 1.04 bits per heavy atom. The lowest BCUT2D eigenvalue weighted by atomic mass is 10.0. The van der Waals surface area contributed by atoms with E-state index >= 15 is 0 Å². The summed E-state index contributed by atoms with van der Waals surface area (Å²) in [5.74, 6) is -0.110. The predicted octanol–water partition coefficient (Wildman–Crippen LogP) is 4.37. The Balaban J connectivity index is 1.67. The van der Waals surface area contributed by atoms with E-state index in [1.165, 1.54) is 28.2 Å². The van der Waals surface area contributed by atoms with E-state index in [0.717, 1.165) is 37.9 Å². The summed E-state index contributed by atoms with van der Waals surface area (Å²) >= 11 is 0. The number of nitrogens with zero attached hydrogens (tertiary/aromatic N) is 2. The number of aromatic nitrogens is 1. The van der Waals surface area contributed by atoms with Crippen LogP contribution in [0.1, 0.15) is 17.7 Å². The minimum absolute atomic E-state index is 0.110. The maximum Gasteiger partial charge on any atom is 0.126 e. The second-order valence-electron chi connectivity index (χ2n) is 6.07. The lowest BCUT2D eigenvalue weighted by Crippen LogP contribution is -2.32. The Morgan fingerprint density at radius 2 is 1.87 bits per heavy atom. The summed E-state index contributed by atoms with van der Waals surface area (Å²) in [7, 11) is 0. The zero-order valence-electron chi connectivity index (χ0n) is 13.0. The van der Waals surface area contributed by atoms with Crippen LogP contribution in [0.2, 0.25) is 0 Å². The molecular formula is C20H19FN2. The Morgan fingerprint density at radius 3 is 2.78 bits per heavy atom. The molecule has 0 unspecified atom stereocenters. The molecule has 0 amide bonds. The normalized spacial score (nSPS) is 14.0. The Labute approximate surface area is 135 Å². The Kier molecular flexibility index (Phi) is 3.70. The molecule has 0 aliphatic carbocycles. The fourth-order valence-corrected chi connectivity index (χ4v) is 3.45. The first-order chi connectivity index (χ1) is 11.3. The molecule has 3 aromatic rings. The van der Waals surface area contributed by atoms with Gasteiger partial charge in [-0.05, 0) is 30.9 Å². The second kappa shape index (κ2) is 5.99. The number of hydrogen-bond donors (Lipinski definition) is 0. The van der Waals surface area contributed by atoms with Gasteiger partial charge in [-0.3, -0.25) is 4.98 Å². The molecule has 0 radical (unpaired) electrons. The van der Waals surface area contributed by atoms with Crippen LogP contribution in [0.15, 0.2) is 54.7 Å². The molecule has 23 heavy (non-hydrogen) atoms. The van der Waals surface area contributed by atoms with E-state index in [4.69, 9.17) is 0 Å². The lowest BCUT2D eigenvalue weighted by Gasteiger charge is -2.32. The summed E-state index contributed by atoms with van der Waals surface area (Å²) in [5.41, 5.74) is 3.20. The molecule has 2 nitrogen and oxygen atoms in total. The zero-order valence-corrected chi connectivity index (χ0v) is 13.0. The number of rotatable bonds is 3. The van der Waals surface area contributed by atoms with Crippen molar-refractivity contribution in [3.05, 3.63) is 71.8 Å². The number of anilines is 1. The van der Waals surface area contributed by atoms with Crippen molar-refractivity contribution in [2.24, 2.45) is 0 Å². The zero-order chi connectivity index (χ0) is 15.6. The molecule has 1 aromatic heterocycles. The van der Waals surface area contributed by atoms with Gasteiger partial charge in [-0.2, -0.15) is 0 Å². The SMILES string of the molecule is Fc1ccccc1CCN1CCCc2ncc3ccccc3c21. The quantitative estimate of drug-likeness (QED) is 0.714. The van der Waals surface area contributed by atoms with Gasteiger partial charge in [-0.1, -0.05) is 42.5 Å². The molecule has 4 rings (SSSR count). The van der Waals surface area contributed by atoms with Crippen molar-refractivity contribution in [3.8, 4) is 0 Å². The van der Waals surface area contributed by atoms with Crippen LogP contribution in [0.3, 0.4) is 0 Å². The largest absolute Gasteiger partial charge is 0.369 e. The summed E-state index contributed by atoms with van der Waals surface area (Å²) in [5, 5.41) is 2.43. The highest BCUT2D eigenvalue weighted by molar-refractivity contribution is 5.95. The van der Waals surface area contributed by atoms with E-state index < -0.39 is 0 Å². The number of hydrogen-bond acceptors (Lipinski definition) is 2. The Hall–Kier alpha value is -2.42. The highest BCUT2D eigenvalue weighted by Crippen LogP contribution is 2.33. The molecule has 0 N–H and O–H groups in total. The van der Waals surface area contributed by atoms with Gasteiger partial charge in [0.05, 0.1) is 11.4 Å². The third-order valence-electron chi connectivity index (χ3n) is 4.62. The smallest absolute Gasteiger partial charge is 0.126 e. The summed E-state index contributed by atoms with van der Waals surface area (Å²) in [6, 6.07) is 15.4. The number of pyridine rings is 1. The first-order valence-corrected chi connectivity index (χ1v) is 8.18. The van der Waals surface area contributed by atoms with Gasteiger partial charge in [0.2, 0.25) is 0 Å². The topological polar surface area (TPSA) is 16.1 Å². The van der Waals surface area contributed by atoms with Crippen LogP contribution >= 0.6 is 0 Å². The molecule has 0 saturated heterocycles. The predicted molar refractivity (Wildman–Crippen MR) is 92.4 cm³/mol. The van der Waals surface area contributed by atoms with Gasteiger partial charge < -0.3 is 4.90 Å². The first-order valence-electron chi connectivity index (χ1n) is 8.18. The van der Waals surface area contributed by atoms with Gasteiger partial charge in [0, 0.05) is 30.1 Å². The summed E-state index contributed by atoms with van der Waals surface area (Å²) in [6.07, 6.45) is 4.82. The molecule has 0 saturated carbocycles. The molecule has 0 fully saturated rings. The van der Waals surface area contributed by atoms with Crippen LogP contribution in [-0.4, -0.2) is 18.1 Å². The van der Waals surface area contributed by atoms with Crippen molar-refractivity contribution in [2.75, 3.05) is 18.0 Å². The van der Waals surface area contributed by atoms with E-state index in [2.05, 4.69) is 28.1 Å². The molecule has 0 bridgehead atoms. The molecule has 2 aromatic carbocycles. The molecular weight excluding hydrogens is 287 g/mol. The van der Waals surface area contributed by atoms with Gasteiger partial charge in [0.1, 0.15) is 5.82 Å². The van der Waals surface area contributed by atoms with Gasteiger partial charge >= 0.3 is 0 Å². The van der Waals surface area contributed by atoms with Crippen LogP contribution in [0.25, 0.3) is 10.8 Å². The van der Waals surface area contributed by atoms with Crippen molar-refractivity contribution < 1.29 is 4.39 Å². The number of aryl methyl sites for hydroxylation is 1. The molecule has 116 valence electrons. The molecule has 1 aliphatic heterocycles. The minimum atomic E-state index is -0.110. The lowest BCUT2D eigenvalue weighted by molar-refractivity contribution is 0.603. The van der Waals surface area contributed by atoms with Crippen LogP contribution in [0.5, 0.6) is 0 Å². The van der Waals surface area contributed by atoms with E-state index in [1.54, 1.807) is 6.07 Å². The number of fused-ring (bicyclic) bond motifs is 3. The van der Waals surface area contributed by atoms with Crippen LogP contribution < -0.4 is 4.90 Å². The fourth-order valence-electron chi connectivity index (χ4n) is 3.45. The molecule has 0 atom stereocenters. The standard InChI is InChI=1S/C20H19FN2/c21-18-9-4-2-6-15(18)11-13-23-12-5-10-19-20(23)17-8-3-1-7-16(17)14-22-19/h1-4,6-9,14H,5,10-13H2. The van der Waals surface area contributed by atoms with Crippen molar-refractivity contribution >= 4 is 16.5 Å². The highest BCUT2D eigenvalue weighted by Gasteiger charge is 2.20. The summed E-state index contributed by atoms with van der Waals surface area (Å²) in [4.78, 5) is 7.03. The van der Waals surface area contributed by atoms with E-state index in [-0.39, 0.29) is 5.82 Å². The van der Waals surface area contributed by atoms with Crippen LogP contribution in [-0.2, 0) is 12.8 Å². The monoisotopic (exact) mass is 306 g/mol. The number of halogens is 1. The first kappa shape index (κ1) is 14.2. The van der Waals surface area contributed by atoms with Gasteiger partial charge in [0.15, 0.2) is 0 Å². The van der Waals surface area contributed by atoms with Crippen molar-refractivity contribution in [1.82, 2.24) is 4.98 Å². The molecule has 2 heterocycles. The second-order valence-corrected chi connectivity index (χ2v) is 6.07. The fraction of sp³-hybridized carbons (Fsp3) is 0.250. The van der Waals surface area contributed by atoms with E-state index in [1.807, 2.05) is 24.4 Å². The van der Waals surface area contributed by atoms with Crippen molar-refractivity contribution in [2.45, 2.75) is 19.3 Å². The maximum atomic E-state index is 13.9. The Bertz CT molecular complexity index is 844. The van der Waals surface area contributed by atoms with Gasteiger partial charge in [-0.25, -0.2) is 4.39 Å². The van der Waals surface area contributed by atoms with Crippen LogP contribution in [0, 0.1) is 5.82 Å². The highest BCUT2D eigenvalue weighted by atomic mass is 19.1. The third-order valence-corrected chi connectivity index (χ3v) is 4.62. The van der Waals surface area contributed by atoms with Gasteiger partial charge in [-0.15, -0.1) is 0 Å². The van der Waals surface area contributed by atoms with E-state index in [0.29, 0.717) is 0 Å². The van der Waals surface area contributed by atoms with Crippen molar-refractivity contribution in [3.63, 3.8) is 0 Å². The molecule has 1 aliphatic rings. The number of benzene rings is 2. The molecule has 3 heteroatoms. The average molecular weight is 306 g/mol. The molecule has 0 spiro atoms. The van der Waals surface area contributed by atoms with Crippen LogP contribution in [0.4, 0.5) is 10.1 Å². The van der Waals surface area contributed by atoms with Gasteiger partial charge in [0.25, 0.3) is 0 Å². The maximum absolute atomic E-state index is 13.9. The average Bonchev–Trinajstić information content (AvgIpc) is 2.60. The summed E-state index contributed by atoms with van der Waals surface area (Å²) < 4.78 is 13.9. The van der Waals surface area contributed by atoms with E-state index in [9.17, 15) is 4.39 Å². The third kappa shape index (κ3) is 2.67. The van der Waals surface area contributed by atoms with Crippen molar-refractivity contribution in [1.29, 1.82) is 0 Å².